The topological polar surface area (TPSA) is 102 Å². The molecule has 1 unspecified atom stereocenters. The van der Waals surface area contributed by atoms with Crippen LogP contribution in [0.25, 0.3) is 0 Å². The molecule has 1 atom stereocenters. The molecule has 1 heterocycles. The number of nitrogens with one attached hydrogen (secondary N) is 1. The molecule has 1 amide bonds. The number of primary amides is 1. The molecule has 0 spiro atoms. The van der Waals surface area contributed by atoms with Crippen molar-refractivity contribution in [1.82, 2.24) is 9.71 Å². The van der Waals surface area contributed by atoms with Crippen LogP contribution in [0.1, 0.15) is 56.7 Å². The summed E-state index contributed by atoms with van der Waals surface area (Å²) in [6.07, 6.45) is 1.14. The minimum absolute atomic E-state index is 0.0462. The molecule has 3 rings (SSSR count). The Morgan fingerprint density at radius 3 is 2.38 bits per heavy atom. The molecule has 0 aliphatic heterocycles. The predicted molar refractivity (Wildman–Crippen MR) is 113 cm³/mol. The Bertz CT molecular complexity index is 1070. The number of nitrogens with zero attached hydrogens (tertiary/aromatic N) is 1. The summed E-state index contributed by atoms with van der Waals surface area (Å²) in [7, 11) is -4.48. The number of halogens is 3. The summed E-state index contributed by atoms with van der Waals surface area (Å²) in [6.45, 7) is 1.37. The highest BCUT2D eigenvalue weighted by molar-refractivity contribution is 7.89. The summed E-state index contributed by atoms with van der Waals surface area (Å²) >= 11 is 0. The average molecular weight is 470 g/mol. The molecule has 174 valence electrons. The Balaban J connectivity index is 1.98. The van der Waals surface area contributed by atoms with E-state index in [4.69, 9.17) is 5.73 Å². The Hall–Kier alpha value is -2.46. The average Bonchev–Trinajstić information content (AvgIpc) is 2.74. The molecule has 0 saturated heterocycles. The zero-order chi connectivity index (χ0) is 23.6. The zero-order valence-electron chi connectivity index (χ0n) is 17.7. The second-order valence-electron chi connectivity index (χ2n) is 8.56. The fourth-order valence-electron chi connectivity index (χ4n) is 4.47. The molecular weight excluding hydrogens is 443 g/mol. The lowest BCUT2D eigenvalue weighted by atomic mass is 9.65. The Labute approximate surface area is 185 Å². The molecule has 6 nitrogen and oxygen atoms in total. The first kappa shape index (κ1) is 24.2. The number of hydrogen-bond acceptors (Lipinski definition) is 4. The van der Waals surface area contributed by atoms with Crippen LogP contribution in [0.5, 0.6) is 0 Å². The van der Waals surface area contributed by atoms with Gasteiger partial charge in [-0.05, 0) is 56.5 Å². The van der Waals surface area contributed by atoms with Gasteiger partial charge in [-0.3, -0.25) is 9.78 Å². The number of rotatable bonds is 7. The maximum absolute atomic E-state index is 13.1. The van der Waals surface area contributed by atoms with Gasteiger partial charge in [0.2, 0.25) is 15.9 Å². The fraction of sp³-hybridized carbons (Fsp3) is 0.455. The third kappa shape index (κ3) is 5.12. The van der Waals surface area contributed by atoms with Crippen molar-refractivity contribution in [2.45, 2.75) is 67.5 Å². The van der Waals surface area contributed by atoms with Gasteiger partial charge < -0.3 is 5.73 Å². The number of hydrogen-bond donors (Lipinski definition) is 2. The van der Waals surface area contributed by atoms with Gasteiger partial charge in [-0.2, -0.15) is 17.9 Å². The molecular formula is C22H26F3N3O3S. The van der Waals surface area contributed by atoms with Crippen LogP contribution in [0.3, 0.4) is 0 Å². The second-order valence-corrected chi connectivity index (χ2v) is 10.2. The maximum Gasteiger partial charge on any atom is 0.416 e. The summed E-state index contributed by atoms with van der Waals surface area (Å²) in [5.74, 6) is -0.908. The van der Waals surface area contributed by atoms with Gasteiger partial charge in [0.1, 0.15) is 5.54 Å². The van der Waals surface area contributed by atoms with Gasteiger partial charge in [-0.15, -0.1) is 0 Å². The first-order chi connectivity index (χ1) is 14.9. The summed E-state index contributed by atoms with van der Waals surface area (Å²) in [5.41, 5.74) is 2.97. The monoisotopic (exact) mass is 469 g/mol. The van der Waals surface area contributed by atoms with E-state index in [1.807, 2.05) is 12.1 Å². The van der Waals surface area contributed by atoms with Gasteiger partial charge in [0, 0.05) is 17.3 Å². The molecule has 1 aromatic carbocycles. The van der Waals surface area contributed by atoms with Crippen molar-refractivity contribution >= 4 is 15.9 Å². The van der Waals surface area contributed by atoms with Crippen LogP contribution in [0.15, 0.2) is 53.6 Å². The molecule has 32 heavy (non-hydrogen) atoms. The molecule has 1 fully saturated rings. The van der Waals surface area contributed by atoms with E-state index in [1.54, 1.807) is 12.3 Å². The minimum Gasteiger partial charge on any atom is -0.368 e. The van der Waals surface area contributed by atoms with E-state index in [2.05, 4.69) is 9.71 Å². The number of nitrogens with two attached hydrogens (primary N) is 1. The summed E-state index contributed by atoms with van der Waals surface area (Å²) < 4.78 is 67.6. The number of aromatic nitrogens is 1. The molecule has 10 heteroatoms. The van der Waals surface area contributed by atoms with Crippen molar-refractivity contribution in [3.05, 3.63) is 59.9 Å². The van der Waals surface area contributed by atoms with E-state index < -0.39 is 43.5 Å². The normalized spacial score (nSPS) is 18.6. The molecule has 3 N–H and O–H groups in total. The third-order valence-corrected chi connectivity index (χ3v) is 7.68. The van der Waals surface area contributed by atoms with Gasteiger partial charge in [-0.25, -0.2) is 8.42 Å². The van der Waals surface area contributed by atoms with E-state index >= 15 is 0 Å². The molecule has 0 bridgehead atoms. The highest BCUT2D eigenvalue weighted by Gasteiger charge is 2.46. The Kier molecular flexibility index (Phi) is 6.67. The van der Waals surface area contributed by atoms with Crippen molar-refractivity contribution in [1.29, 1.82) is 0 Å². The summed E-state index contributed by atoms with van der Waals surface area (Å²) in [5, 5.41) is 0. The Morgan fingerprint density at radius 1 is 1.12 bits per heavy atom. The summed E-state index contributed by atoms with van der Waals surface area (Å²) in [4.78, 5) is 16.4. The fourth-order valence-corrected chi connectivity index (χ4v) is 5.90. The quantitative estimate of drug-likeness (QED) is 0.642. The van der Waals surface area contributed by atoms with E-state index in [-0.39, 0.29) is 6.42 Å². The minimum atomic E-state index is -4.70. The first-order valence-corrected chi connectivity index (χ1v) is 11.8. The van der Waals surface area contributed by atoms with Crippen LogP contribution in [0.4, 0.5) is 13.2 Å². The molecule has 1 aliphatic carbocycles. The standard InChI is InChI=1S/C22H26F3N3O3S/c1-20(19(26)29,15-21(11-4-2-5-12-21)18-10-3-6-13-27-18)28-32(30,31)17-9-7-8-16(14-17)22(23,24)25/h3,6-10,13-14,28H,2,4-5,11-12,15H2,1H3,(H2,26,29). The Morgan fingerprint density at radius 2 is 1.81 bits per heavy atom. The van der Waals surface area contributed by atoms with Crippen molar-refractivity contribution in [2.24, 2.45) is 5.73 Å². The number of amides is 1. The van der Waals surface area contributed by atoms with Crippen LogP contribution in [0.2, 0.25) is 0 Å². The third-order valence-electron chi connectivity index (χ3n) is 6.09. The lowest BCUT2D eigenvalue weighted by Crippen LogP contribution is -2.58. The van der Waals surface area contributed by atoms with Gasteiger partial charge >= 0.3 is 6.18 Å². The number of benzene rings is 1. The van der Waals surface area contributed by atoms with E-state index in [9.17, 15) is 26.4 Å². The van der Waals surface area contributed by atoms with Crippen molar-refractivity contribution in [3.8, 4) is 0 Å². The van der Waals surface area contributed by atoms with E-state index in [0.29, 0.717) is 18.9 Å². The molecule has 1 saturated carbocycles. The molecule has 2 aromatic rings. The highest BCUT2D eigenvalue weighted by atomic mass is 32.2. The van der Waals surface area contributed by atoms with Crippen molar-refractivity contribution < 1.29 is 26.4 Å². The number of alkyl halides is 3. The van der Waals surface area contributed by atoms with Crippen LogP contribution >= 0.6 is 0 Å². The zero-order valence-corrected chi connectivity index (χ0v) is 18.5. The van der Waals surface area contributed by atoms with E-state index in [0.717, 1.165) is 43.2 Å². The number of pyridine rings is 1. The van der Waals surface area contributed by atoms with Crippen molar-refractivity contribution in [2.75, 3.05) is 0 Å². The van der Waals surface area contributed by atoms with Gasteiger partial charge in [0.15, 0.2) is 0 Å². The largest absolute Gasteiger partial charge is 0.416 e. The van der Waals surface area contributed by atoms with Crippen LogP contribution in [-0.4, -0.2) is 24.8 Å². The van der Waals surface area contributed by atoms with Crippen molar-refractivity contribution in [3.63, 3.8) is 0 Å². The number of carbonyl (C=O) groups is 1. The van der Waals surface area contributed by atoms with Crippen LogP contribution in [-0.2, 0) is 26.4 Å². The van der Waals surface area contributed by atoms with Crippen LogP contribution in [0, 0.1) is 0 Å². The second kappa shape index (κ2) is 8.82. The van der Waals surface area contributed by atoms with Gasteiger partial charge in [0.05, 0.1) is 10.5 Å². The number of carbonyl (C=O) groups excluding carboxylic acids is 1. The van der Waals surface area contributed by atoms with Gasteiger partial charge in [0.25, 0.3) is 0 Å². The molecule has 1 aliphatic rings. The van der Waals surface area contributed by atoms with Crippen LogP contribution < -0.4 is 10.5 Å². The SMILES string of the molecule is CC(CC1(c2ccccn2)CCCCC1)(NS(=O)(=O)c1cccc(C(F)(F)F)c1)C(N)=O. The highest BCUT2D eigenvalue weighted by Crippen LogP contribution is 2.44. The van der Waals surface area contributed by atoms with Gasteiger partial charge in [-0.1, -0.05) is 31.4 Å². The first-order valence-electron chi connectivity index (χ1n) is 10.3. The molecule has 1 aromatic heterocycles. The lowest BCUT2D eigenvalue weighted by Gasteiger charge is -2.42. The van der Waals surface area contributed by atoms with E-state index in [1.165, 1.54) is 6.92 Å². The smallest absolute Gasteiger partial charge is 0.368 e. The number of sulfonamides is 1. The predicted octanol–water partition coefficient (Wildman–Crippen LogP) is 3.91. The molecule has 0 radical (unpaired) electrons. The summed E-state index contributed by atoms with van der Waals surface area (Å²) in [6, 6.07) is 8.82. The lowest BCUT2D eigenvalue weighted by molar-refractivity contribution is -0.137. The maximum atomic E-state index is 13.1.